The van der Waals surface area contributed by atoms with Crippen molar-refractivity contribution in [2.75, 3.05) is 20.1 Å². The first-order valence-corrected chi connectivity index (χ1v) is 6.96. The van der Waals surface area contributed by atoms with Gasteiger partial charge in [-0.1, -0.05) is 29.8 Å². The van der Waals surface area contributed by atoms with Gasteiger partial charge in [-0.2, -0.15) is 0 Å². The molecule has 18 heavy (non-hydrogen) atoms. The highest BCUT2D eigenvalue weighted by molar-refractivity contribution is 9.10. The number of rotatable bonds is 6. The van der Waals surface area contributed by atoms with Crippen LogP contribution in [0.4, 0.5) is 4.39 Å². The highest BCUT2D eigenvalue weighted by atomic mass is 79.9. The Labute approximate surface area is 117 Å². The van der Waals surface area contributed by atoms with Gasteiger partial charge in [0.15, 0.2) is 0 Å². The predicted molar refractivity (Wildman–Crippen MR) is 77.9 cm³/mol. The quantitative estimate of drug-likeness (QED) is 0.871. The fraction of sp³-hybridized carbons (Fsp3) is 0.571. The lowest BCUT2D eigenvalue weighted by molar-refractivity contribution is 0.247. The third-order valence-electron chi connectivity index (χ3n) is 3.17. The molecule has 0 spiro atoms. The van der Waals surface area contributed by atoms with Crippen LogP contribution in [0.5, 0.6) is 0 Å². The van der Waals surface area contributed by atoms with Crippen LogP contribution in [0.3, 0.4) is 0 Å². The van der Waals surface area contributed by atoms with E-state index in [1.54, 1.807) is 6.07 Å². The Balaban J connectivity index is 2.54. The average molecular weight is 317 g/mol. The summed E-state index contributed by atoms with van der Waals surface area (Å²) in [5.41, 5.74) is 6.57. The van der Waals surface area contributed by atoms with Gasteiger partial charge in [0.2, 0.25) is 0 Å². The van der Waals surface area contributed by atoms with E-state index >= 15 is 0 Å². The Kier molecular flexibility index (Phi) is 5.76. The topological polar surface area (TPSA) is 29.3 Å². The summed E-state index contributed by atoms with van der Waals surface area (Å²) in [4.78, 5) is 2.13. The molecule has 1 aromatic carbocycles. The summed E-state index contributed by atoms with van der Waals surface area (Å²) in [5.74, 6) is -0.150. The lowest BCUT2D eigenvalue weighted by Gasteiger charge is -2.26. The maximum Gasteiger partial charge on any atom is 0.127 e. The summed E-state index contributed by atoms with van der Waals surface area (Å²) in [5, 5.41) is 0. The molecule has 0 atom stereocenters. The molecule has 0 aliphatic heterocycles. The molecule has 4 heteroatoms. The lowest BCUT2D eigenvalue weighted by atomic mass is 9.89. The van der Waals surface area contributed by atoms with E-state index in [0.717, 1.165) is 23.0 Å². The van der Waals surface area contributed by atoms with Gasteiger partial charge in [-0.15, -0.1) is 0 Å². The molecule has 0 aliphatic rings. The van der Waals surface area contributed by atoms with Crippen LogP contribution >= 0.6 is 15.9 Å². The van der Waals surface area contributed by atoms with Gasteiger partial charge in [-0.25, -0.2) is 4.39 Å². The monoisotopic (exact) mass is 316 g/mol. The Morgan fingerprint density at radius 3 is 2.67 bits per heavy atom. The average Bonchev–Trinajstić information content (AvgIpc) is 2.31. The Hall–Kier alpha value is -0.450. The minimum Gasteiger partial charge on any atom is -0.330 e. The van der Waals surface area contributed by atoms with Crippen LogP contribution in [0.15, 0.2) is 22.7 Å². The van der Waals surface area contributed by atoms with Gasteiger partial charge in [-0.05, 0) is 50.2 Å². The summed E-state index contributed by atoms with van der Waals surface area (Å²) in [6.07, 6.45) is 1.01. The number of hydrogen-bond donors (Lipinski definition) is 1. The molecule has 1 rings (SSSR count). The van der Waals surface area contributed by atoms with Crippen molar-refractivity contribution >= 4 is 15.9 Å². The van der Waals surface area contributed by atoms with Crippen LogP contribution in [0.1, 0.15) is 25.8 Å². The van der Waals surface area contributed by atoms with Crippen LogP contribution in [0, 0.1) is 11.2 Å². The highest BCUT2D eigenvalue weighted by Crippen LogP contribution is 2.20. The molecule has 2 N–H and O–H groups in total. The molecule has 0 amide bonds. The molecular weight excluding hydrogens is 295 g/mol. The van der Waals surface area contributed by atoms with Crippen molar-refractivity contribution in [1.82, 2.24) is 4.90 Å². The van der Waals surface area contributed by atoms with E-state index in [4.69, 9.17) is 5.73 Å². The Morgan fingerprint density at radius 1 is 1.39 bits per heavy atom. The van der Waals surface area contributed by atoms with Crippen molar-refractivity contribution in [3.63, 3.8) is 0 Å². The number of halogens is 2. The van der Waals surface area contributed by atoms with E-state index in [1.165, 1.54) is 6.07 Å². The van der Waals surface area contributed by atoms with Gasteiger partial charge in [-0.3, -0.25) is 0 Å². The van der Waals surface area contributed by atoms with Gasteiger partial charge in [0, 0.05) is 16.6 Å². The molecule has 0 saturated heterocycles. The molecule has 0 radical (unpaired) electrons. The van der Waals surface area contributed by atoms with Crippen molar-refractivity contribution in [3.8, 4) is 0 Å². The van der Waals surface area contributed by atoms with E-state index < -0.39 is 0 Å². The normalized spacial score (nSPS) is 12.2. The highest BCUT2D eigenvalue weighted by Gasteiger charge is 2.16. The lowest BCUT2D eigenvalue weighted by Crippen LogP contribution is -2.29. The van der Waals surface area contributed by atoms with Crippen molar-refractivity contribution < 1.29 is 4.39 Å². The third kappa shape index (κ3) is 5.04. The van der Waals surface area contributed by atoms with Crippen molar-refractivity contribution in [3.05, 3.63) is 34.1 Å². The van der Waals surface area contributed by atoms with E-state index in [1.807, 2.05) is 13.1 Å². The second kappa shape index (κ2) is 6.64. The van der Waals surface area contributed by atoms with E-state index in [0.29, 0.717) is 13.1 Å². The fourth-order valence-electron chi connectivity index (χ4n) is 1.63. The van der Waals surface area contributed by atoms with Crippen molar-refractivity contribution in [1.29, 1.82) is 0 Å². The smallest absolute Gasteiger partial charge is 0.127 e. The van der Waals surface area contributed by atoms with Gasteiger partial charge in [0.25, 0.3) is 0 Å². The minimum absolute atomic E-state index is 0.143. The molecule has 1 aromatic rings. The first-order chi connectivity index (χ1) is 8.34. The molecular formula is C14H22BrFN2. The van der Waals surface area contributed by atoms with E-state index in [-0.39, 0.29) is 11.2 Å². The van der Waals surface area contributed by atoms with Crippen molar-refractivity contribution in [2.45, 2.75) is 26.8 Å². The first-order valence-electron chi connectivity index (χ1n) is 6.16. The first kappa shape index (κ1) is 15.6. The molecule has 0 bridgehead atoms. The summed E-state index contributed by atoms with van der Waals surface area (Å²) in [6.45, 7) is 6.51. The third-order valence-corrected chi connectivity index (χ3v) is 3.66. The molecule has 0 heterocycles. The number of hydrogen-bond acceptors (Lipinski definition) is 2. The van der Waals surface area contributed by atoms with Gasteiger partial charge < -0.3 is 10.6 Å². The Morgan fingerprint density at radius 2 is 2.06 bits per heavy atom. The van der Waals surface area contributed by atoms with Crippen LogP contribution in [-0.4, -0.2) is 25.0 Å². The zero-order chi connectivity index (χ0) is 13.8. The SMILES string of the molecule is CN(CCC(C)(C)CN)Cc1cc(Br)ccc1F. The summed E-state index contributed by atoms with van der Waals surface area (Å²) in [6, 6.07) is 5.05. The fourth-order valence-corrected chi connectivity index (χ4v) is 2.04. The van der Waals surface area contributed by atoms with Gasteiger partial charge in [0.05, 0.1) is 0 Å². The largest absolute Gasteiger partial charge is 0.330 e. The predicted octanol–water partition coefficient (Wildman–Crippen LogP) is 3.40. The summed E-state index contributed by atoms with van der Waals surface area (Å²) in [7, 11) is 2.01. The van der Waals surface area contributed by atoms with Crippen LogP contribution in [0.25, 0.3) is 0 Å². The van der Waals surface area contributed by atoms with Gasteiger partial charge in [0.1, 0.15) is 5.82 Å². The van der Waals surface area contributed by atoms with Crippen LogP contribution < -0.4 is 5.73 Å². The molecule has 0 aromatic heterocycles. The molecule has 0 aliphatic carbocycles. The zero-order valence-corrected chi connectivity index (χ0v) is 12.9. The molecule has 0 unspecified atom stereocenters. The number of benzene rings is 1. The standard InChI is InChI=1S/C14H22BrFN2/c1-14(2,10-17)6-7-18(3)9-11-8-12(15)4-5-13(11)16/h4-5,8H,6-7,9-10,17H2,1-3H3. The van der Waals surface area contributed by atoms with Gasteiger partial charge >= 0.3 is 0 Å². The minimum atomic E-state index is -0.150. The maximum atomic E-state index is 13.6. The second-order valence-electron chi connectivity index (χ2n) is 5.59. The summed E-state index contributed by atoms with van der Waals surface area (Å²) < 4.78 is 14.5. The molecule has 102 valence electrons. The zero-order valence-electron chi connectivity index (χ0n) is 11.3. The van der Waals surface area contributed by atoms with E-state index in [2.05, 4.69) is 34.7 Å². The second-order valence-corrected chi connectivity index (χ2v) is 6.51. The van der Waals surface area contributed by atoms with Crippen molar-refractivity contribution in [2.24, 2.45) is 11.1 Å². The number of nitrogens with two attached hydrogens (primary N) is 1. The molecule has 2 nitrogen and oxygen atoms in total. The van der Waals surface area contributed by atoms with Crippen LogP contribution in [-0.2, 0) is 6.54 Å². The summed E-state index contributed by atoms with van der Waals surface area (Å²) >= 11 is 3.37. The Bertz CT molecular complexity index is 393. The number of nitrogens with zero attached hydrogens (tertiary/aromatic N) is 1. The maximum absolute atomic E-state index is 13.6. The van der Waals surface area contributed by atoms with Crippen LogP contribution in [0.2, 0.25) is 0 Å². The molecule has 0 saturated carbocycles. The van der Waals surface area contributed by atoms with E-state index in [9.17, 15) is 4.39 Å². The molecule has 0 fully saturated rings.